The van der Waals surface area contributed by atoms with Crippen LogP contribution >= 0.6 is 11.6 Å². The predicted molar refractivity (Wildman–Crippen MR) is 137 cm³/mol. The Labute approximate surface area is 209 Å². The summed E-state index contributed by atoms with van der Waals surface area (Å²) >= 11 is 6.16. The number of piperazine rings is 1. The molecule has 0 spiro atoms. The van der Waals surface area contributed by atoms with Crippen molar-refractivity contribution in [1.29, 1.82) is 0 Å². The summed E-state index contributed by atoms with van der Waals surface area (Å²) in [6, 6.07) is 14.9. The van der Waals surface area contributed by atoms with E-state index >= 15 is 0 Å². The molecule has 0 N–H and O–H groups in total. The SMILES string of the molecule is CC(C)COc1cccc(C(=O)N2CCN(c3ncnc4c3cnn4-c3cccc(Cl)c3)CC2)c1. The first kappa shape index (κ1) is 23.1. The van der Waals surface area contributed by atoms with E-state index in [1.165, 1.54) is 0 Å². The molecule has 35 heavy (non-hydrogen) atoms. The van der Waals surface area contributed by atoms with Crippen LogP contribution in [0.3, 0.4) is 0 Å². The van der Waals surface area contributed by atoms with Crippen molar-refractivity contribution in [3.05, 3.63) is 71.6 Å². The number of benzene rings is 2. The number of anilines is 1. The van der Waals surface area contributed by atoms with E-state index in [0.717, 1.165) is 22.6 Å². The van der Waals surface area contributed by atoms with Gasteiger partial charge in [0.05, 0.1) is 23.9 Å². The molecular weight excluding hydrogens is 464 g/mol. The Kier molecular flexibility index (Phi) is 6.55. The van der Waals surface area contributed by atoms with Gasteiger partial charge in [-0.1, -0.05) is 37.6 Å². The maximum absolute atomic E-state index is 13.1. The average molecular weight is 491 g/mol. The van der Waals surface area contributed by atoms with Gasteiger partial charge in [0.2, 0.25) is 0 Å². The fraction of sp³-hybridized carbons (Fsp3) is 0.308. The normalized spacial score (nSPS) is 14.1. The summed E-state index contributed by atoms with van der Waals surface area (Å²) in [5.41, 5.74) is 2.20. The summed E-state index contributed by atoms with van der Waals surface area (Å²) in [6.45, 7) is 7.36. The molecule has 180 valence electrons. The lowest BCUT2D eigenvalue weighted by Crippen LogP contribution is -2.49. The molecule has 5 rings (SSSR count). The number of aromatic nitrogens is 4. The van der Waals surface area contributed by atoms with E-state index in [0.29, 0.717) is 54.9 Å². The molecule has 4 aromatic rings. The van der Waals surface area contributed by atoms with Gasteiger partial charge < -0.3 is 14.5 Å². The zero-order chi connectivity index (χ0) is 24.4. The standard InChI is InChI=1S/C26H27ClN6O2/c1-18(2)16-35-22-8-3-5-19(13-22)26(34)32-11-9-31(10-12-32)24-23-15-30-33(25(23)29-17-28-24)21-7-4-6-20(27)14-21/h3-8,13-15,17-18H,9-12,16H2,1-2H3. The van der Waals surface area contributed by atoms with Gasteiger partial charge >= 0.3 is 0 Å². The first-order chi connectivity index (χ1) is 17.0. The Morgan fingerprint density at radius 1 is 1.06 bits per heavy atom. The van der Waals surface area contributed by atoms with Gasteiger partial charge in [-0.25, -0.2) is 14.6 Å². The van der Waals surface area contributed by atoms with Gasteiger partial charge in [-0.05, 0) is 42.3 Å². The van der Waals surface area contributed by atoms with Crippen LogP contribution in [0.15, 0.2) is 61.1 Å². The van der Waals surface area contributed by atoms with Gasteiger partial charge in [-0.15, -0.1) is 0 Å². The lowest BCUT2D eigenvalue weighted by molar-refractivity contribution is 0.0746. The van der Waals surface area contributed by atoms with E-state index in [4.69, 9.17) is 16.3 Å². The zero-order valence-corrected chi connectivity index (χ0v) is 20.5. The van der Waals surface area contributed by atoms with Gasteiger partial charge in [0.25, 0.3) is 5.91 Å². The minimum atomic E-state index is 0.0151. The molecule has 0 aliphatic carbocycles. The highest BCUT2D eigenvalue weighted by Crippen LogP contribution is 2.26. The van der Waals surface area contributed by atoms with Crippen LogP contribution in [-0.2, 0) is 0 Å². The highest BCUT2D eigenvalue weighted by atomic mass is 35.5. The quantitative estimate of drug-likeness (QED) is 0.397. The van der Waals surface area contributed by atoms with Gasteiger partial charge in [-0.3, -0.25) is 4.79 Å². The van der Waals surface area contributed by atoms with E-state index in [-0.39, 0.29) is 5.91 Å². The fourth-order valence-corrected chi connectivity index (χ4v) is 4.35. The van der Waals surface area contributed by atoms with Crippen molar-refractivity contribution in [1.82, 2.24) is 24.6 Å². The van der Waals surface area contributed by atoms with Crippen LogP contribution in [0.2, 0.25) is 5.02 Å². The number of carbonyl (C=O) groups is 1. The number of halogens is 1. The largest absolute Gasteiger partial charge is 0.493 e. The van der Waals surface area contributed by atoms with E-state index in [1.54, 1.807) is 17.2 Å². The number of carbonyl (C=O) groups excluding carboxylic acids is 1. The van der Waals surface area contributed by atoms with Gasteiger partial charge in [-0.2, -0.15) is 5.10 Å². The lowest BCUT2D eigenvalue weighted by Gasteiger charge is -2.35. The fourth-order valence-electron chi connectivity index (χ4n) is 4.17. The Morgan fingerprint density at radius 2 is 1.86 bits per heavy atom. The Bertz CT molecular complexity index is 1350. The summed E-state index contributed by atoms with van der Waals surface area (Å²) < 4.78 is 7.56. The highest BCUT2D eigenvalue weighted by molar-refractivity contribution is 6.30. The molecule has 1 fully saturated rings. The van der Waals surface area contributed by atoms with Crippen LogP contribution in [-0.4, -0.2) is 63.3 Å². The number of hydrogen-bond donors (Lipinski definition) is 0. The summed E-state index contributed by atoms with van der Waals surface area (Å²) in [6.07, 6.45) is 3.34. The first-order valence-corrected chi connectivity index (χ1v) is 12.1. The molecule has 9 heteroatoms. The second kappa shape index (κ2) is 9.92. The molecule has 0 unspecified atom stereocenters. The summed E-state index contributed by atoms with van der Waals surface area (Å²) in [5.74, 6) is 1.98. The van der Waals surface area contributed by atoms with Crippen molar-refractivity contribution in [3.8, 4) is 11.4 Å². The molecule has 1 amide bonds. The molecule has 1 saturated heterocycles. The molecule has 0 bridgehead atoms. The summed E-state index contributed by atoms with van der Waals surface area (Å²) in [7, 11) is 0. The monoisotopic (exact) mass is 490 g/mol. The molecule has 0 atom stereocenters. The number of hydrogen-bond acceptors (Lipinski definition) is 6. The number of ether oxygens (including phenoxy) is 1. The summed E-state index contributed by atoms with van der Waals surface area (Å²) in [4.78, 5) is 26.2. The topological polar surface area (TPSA) is 76.4 Å². The molecule has 2 aromatic heterocycles. The Morgan fingerprint density at radius 3 is 2.63 bits per heavy atom. The van der Waals surface area contributed by atoms with Crippen LogP contribution in [0.1, 0.15) is 24.2 Å². The van der Waals surface area contributed by atoms with Crippen LogP contribution in [0.5, 0.6) is 5.75 Å². The summed E-state index contributed by atoms with van der Waals surface area (Å²) in [5, 5.41) is 6.03. The van der Waals surface area contributed by atoms with Crippen LogP contribution < -0.4 is 9.64 Å². The maximum Gasteiger partial charge on any atom is 0.254 e. The van der Waals surface area contributed by atoms with E-state index < -0.39 is 0 Å². The van der Waals surface area contributed by atoms with E-state index in [2.05, 4.69) is 33.8 Å². The van der Waals surface area contributed by atoms with Crippen molar-refractivity contribution in [2.75, 3.05) is 37.7 Å². The van der Waals surface area contributed by atoms with Gasteiger partial charge in [0, 0.05) is 36.8 Å². The van der Waals surface area contributed by atoms with Crippen molar-refractivity contribution in [2.24, 2.45) is 5.92 Å². The van der Waals surface area contributed by atoms with E-state index in [9.17, 15) is 4.79 Å². The minimum Gasteiger partial charge on any atom is -0.493 e. The highest BCUT2D eigenvalue weighted by Gasteiger charge is 2.25. The second-order valence-electron chi connectivity index (χ2n) is 8.98. The number of amides is 1. The molecule has 1 aliphatic rings. The third kappa shape index (κ3) is 4.93. The third-order valence-corrected chi connectivity index (χ3v) is 6.16. The number of rotatable bonds is 6. The van der Waals surface area contributed by atoms with Crippen LogP contribution in [0, 0.1) is 5.92 Å². The van der Waals surface area contributed by atoms with Crippen molar-refractivity contribution in [3.63, 3.8) is 0 Å². The van der Waals surface area contributed by atoms with Crippen LogP contribution in [0.4, 0.5) is 5.82 Å². The third-order valence-electron chi connectivity index (χ3n) is 5.93. The Hall–Kier alpha value is -3.65. The second-order valence-corrected chi connectivity index (χ2v) is 9.42. The lowest BCUT2D eigenvalue weighted by atomic mass is 10.1. The average Bonchev–Trinajstić information content (AvgIpc) is 3.32. The molecule has 0 radical (unpaired) electrons. The van der Waals surface area contributed by atoms with Gasteiger partial charge in [0.15, 0.2) is 5.65 Å². The maximum atomic E-state index is 13.1. The minimum absolute atomic E-state index is 0.0151. The molecule has 1 aliphatic heterocycles. The molecule has 0 saturated carbocycles. The molecule has 2 aromatic carbocycles. The first-order valence-electron chi connectivity index (χ1n) is 11.7. The molecule has 3 heterocycles. The molecular formula is C26H27ClN6O2. The molecule has 8 nitrogen and oxygen atoms in total. The zero-order valence-electron chi connectivity index (χ0n) is 19.8. The van der Waals surface area contributed by atoms with E-state index in [1.807, 2.05) is 53.4 Å². The number of nitrogens with zero attached hydrogens (tertiary/aromatic N) is 6. The van der Waals surface area contributed by atoms with Crippen molar-refractivity contribution < 1.29 is 9.53 Å². The predicted octanol–water partition coefficient (Wildman–Crippen LogP) is 4.47. The number of fused-ring (bicyclic) bond motifs is 1. The van der Waals surface area contributed by atoms with Crippen molar-refractivity contribution in [2.45, 2.75) is 13.8 Å². The van der Waals surface area contributed by atoms with Crippen LogP contribution in [0.25, 0.3) is 16.7 Å². The smallest absolute Gasteiger partial charge is 0.254 e. The Balaban J connectivity index is 1.30. The van der Waals surface area contributed by atoms with Gasteiger partial charge in [0.1, 0.15) is 17.9 Å². The van der Waals surface area contributed by atoms with Crippen molar-refractivity contribution >= 4 is 34.4 Å².